The molecule has 1 heterocycles. The quantitative estimate of drug-likeness (QED) is 0.743. The van der Waals surface area contributed by atoms with E-state index in [-0.39, 0.29) is 0 Å². The molecule has 1 saturated heterocycles. The fraction of sp³-hybridized carbons (Fsp3) is 0.650. The Labute approximate surface area is 162 Å². The van der Waals surface area contributed by atoms with Gasteiger partial charge in [0.1, 0.15) is 0 Å². The van der Waals surface area contributed by atoms with Crippen LogP contribution < -0.4 is 5.32 Å². The minimum Gasteiger partial charge on any atom is -0.349 e. The highest BCUT2D eigenvalue weighted by molar-refractivity contribution is 7.80. The van der Waals surface area contributed by atoms with Crippen LogP contribution in [-0.4, -0.2) is 47.1 Å². The van der Waals surface area contributed by atoms with Crippen molar-refractivity contribution in [1.82, 2.24) is 9.80 Å². The fourth-order valence-electron chi connectivity index (χ4n) is 4.42. The van der Waals surface area contributed by atoms with Gasteiger partial charge in [-0.3, -0.25) is 0 Å². The Bertz CT molecular complexity index is 586. The lowest BCUT2D eigenvalue weighted by Gasteiger charge is -2.44. The van der Waals surface area contributed by atoms with Gasteiger partial charge < -0.3 is 15.1 Å². The molecule has 0 aromatic heterocycles. The molecule has 0 amide bonds. The van der Waals surface area contributed by atoms with Crippen molar-refractivity contribution in [2.75, 3.05) is 25.5 Å². The molecule has 25 heavy (non-hydrogen) atoms. The van der Waals surface area contributed by atoms with Gasteiger partial charge in [0.2, 0.25) is 0 Å². The molecule has 3 nitrogen and oxygen atoms in total. The fourth-order valence-corrected chi connectivity index (χ4v) is 4.91. The van der Waals surface area contributed by atoms with Crippen LogP contribution in [0.3, 0.4) is 0 Å². The van der Waals surface area contributed by atoms with Crippen LogP contribution in [0.2, 0.25) is 5.02 Å². The third-order valence-electron chi connectivity index (χ3n) is 5.99. The van der Waals surface area contributed by atoms with Gasteiger partial charge in [-0.1, -0.05) is 37.4 Å². The maximum absolute atomic E-state index is 6.05. The molecular weight excluding hydrogens is 350 g/mol. The van der Waals surface area contributed by atoms with Crippen molar-refractivity contribution >= 4 is 34.6 Å². The van der Waals surface area contributed by atoms with Crippen LogP contribution in [0.4, 0.5) is 5.69 Å². The number of hydrogen-bond acceptors (Lipinski definition) is 2. The Hall–Kier alpha value is -0.840. The van der Waals surface area contributed by atoms with Crippen molar-refractivity contribution in [2.45, 2.75) is 57.5 Å². The molecule has 0 bridgehead atoms. The highest BCUT2D eigenvalue weighted by Crippen LogP contribution is 2.30. The molecule has 1 N–H and O–H groups in total. The zero-order valence-corrected chi connectivity index (χ0v) is 17.0. The third-order valence-corrected chi connectivity index (χ3v) is 6.59. The highest BCUT2D eigenvalue weighted by atomic mass is 35.5. The second-order valence-corrected chi connectivity index (χ2v) is 8.48. The maximum Gasteiger partial charge on any atom is 0.173 e. The normalized spacial score (nSPS) is 25.2. The molecule has 2 aliphatic rings. The van der Waals surface area contributed by atoms with E-state index in [0.717, 1.165) is 40.9 Å². The van der Waals surface area contributed by atoms with E-state index in [0.29, 0.717) is 6.04 Å². The molecule has 3 rings (SSSR count). The van der Waals surface area contributed by atoms with E-state index in [1.54, 1.807) is 0 Å². The average Bonchev–Trinajstić information content (AvgIpc) is 2.62. The van der Waals surface area contributed by atoms with E-state index in [9.17, 15) is 0 Å². The second-order valence-electron chi connectivity index (χ2n) is 7.65. The van der Waals surface area contributed by atoms with E-state index in [2.05, 4.69) is 29.1 Å². The SMILES string of the molecule is C[C@@H]1CCCC[C@@H]1N(C)C1CCN(C(=S)Nc2cccc(Cl)c2)CC1. The Kier molecular flexibility index (Phi) is 6.59. The Morgan fingerprint density at radius 2 is 1.92 bits per heavy atom. The predicted octanol–water partition coefficient (Wildman–Crippen LogP) is 5.01. The van der Waals surface area contributed by atoms with E-state index in [1.807, 2.05) is 24.3 Å². The summed E-state index contributed by atoms with van der Waals surface area (Å²) in [5, 5.41) is 4.87. The van der Waals surface area contributed by atoms with Gasteiger partial charge in [-0.15, -0.1) is 0 Å². The highest BCUT2D eigenvalue weighted by Gasteiger charge is 2.31. The Morgan fingerprint density at radius 3 is 2.60 bits per heavy atom. The molecule has 1 aromatic carbocycles. The van der Waals surface area contributed by atoms with Gasteiger partial charge in [0, 0.05) is 35.9 Å². The molecule has 138 valence electrons. The molecule has 1 aliphatic carbocycles. The van der Waals surface area contributed by atoms with Crippen LogP contribution in [-0.2, 0) is 0 Å². The summed E-state index contributed by atoms with van der Waals surface area (Å²) in [7, 11) is 2.34. The van der Waals surface area contributed by atoms with E-state index < -0.39 is 0 Å². The van der Waals surface area contributed by atoms with Crippen LogP contribution in [0.25, 0.3) is 0 Å². The van der Waals surface area contributed by atoms with Gasteiger partial charge >= 0.3 is 0 Å². The first kappa shape index (κ1) is 18.9. The first-order valence-electron chi connectivity index (χ1n) is 9.58. The minimum absolute atomic E-state index is 0.691. The van der Waals surface area contributed by atoms with Crippen molar-refractivity contribution in [3.8, 4) is 0 Å². The molecule has 0 radical (unpaired) electrons. The van der Waals surface area contributed by atoms with Crippen molar-refractivity contribution in [3.63, 3.8) is 0 Å². The summed E-state index contributed by atoms with van der Waals surface area (Å²) in [6.45, 7) is 4.49. The van der Waals surface area contributed by atoms with Crippen LogP contribution in [0, 0.1) is 5.92 Å². The number of piperidine rings is 1. The lowest BCUT2D eigenvalue weighted by molar-refractivity contribution is 0.0691. The summed E-state index contributed by atoms with van der Waals surface area (Å²) < 4.78 is 0. The van der Waals surface area contributed by atoms with Gasteiger partial charge in [-0.2, -0.15) is 0 Å². The first-order valence-corrected chi connectivity index (χ1v) is 10.4. The number of likely N-dealkylation sites (tertiary alicyclic amines) is 1. The summed E-state index contributed by atoms with van der Waals surface area (Å²) in [6.07, 6.45) is 7.95. The first-order chi connectivity index (χ1) is 12.0. The number of benzene rings is 1. The molecule has 5 heteroatoms. The monoisotopic (exact) mass is 379 g/mol. The molecule has 1 aromatic rings. The second kappa shape index (κ2) is 8.70. The molecule has 0 unspecified atom stereocenters. The minimum atomic E-state index is 0.691. The number of nitrogens with one attached hydrogen (secondary N) is 1. The smallest absolute Gasteiger partial charge is 0.173 e. The Balaban J connectivity index is 1.50. The van der Waals surface area contributed by atoms with Crippen LogP contribution in [0.1, 0.15) is 45.4 Å². The van der Waals surface area contributed by atoms with E-state index >= 15 is 0 Å². The number of rotatable bonds is 3. The molecule has 2 atom stereocenters. The molecule has 1 aliphatic heterocycles. The van der Waals surface area contributed by atoms with Gasteiger partial charge in [-0.25, -0.2) is 0 Å². The number of thiocarbonyl (C=S) groups is 1. The van der Waals surface area contributed by atoms with Gasteiger partial charge in [0.15, 0.2) is 5.11 Å². The van der Waals surface area contributed by atoms with E-state index in [4.69, 9.17) is 23.8 Å². The standard InChI is InChI=1S/C20H30ClN3S/c1-15-6-3-4-9-19(15)23(2)18-10-12-24(13-11-18)20(25)22-17-8-5-7-16(21)14-17/h5,7-8,14-15,18-19H,3-4,6,9-13H2,1-2H3,(H,22,25)/t15-,19+/m1/s1. The zero-order valence-electron chi connectivity index (χ0n) is 15.4. The number of hydrogen-bond donors (Lipinski definition) is 1. The number of halogens is 1. The van der Waals surface area contributed by atoms with Gasteiger partial charge in [0.25, 0.3) is 0 Å². The summed E-state index contributed by atoms with van der Waals surface area (Å²) in [5.41, 5.74) is 0.966. The maximum atomic E-state index is 6.05. The van der Waals surface area contributed by atoms with Crippen molar-refractivity contribution in [1.29, 1.82) is 0 Å². The summed E-state index contributed by atoms with van der Waals surface area (Å²) >= 11 is 11.7. The Morgan fingerprint density at radius 1 is 1.20 bits per heavy atom. The average molecular weight is 380 g/mol. The zero-order chi connectivity index (χ0) is 17.8. The molecular formula is C20H30ClN3S. The van der Waals surface area contributed by atoms with E-state index in [1.165, 1.54) is 38.5 Å². The van der Waals surface area contributed by atoms with Gasteiger partial charge in [-0.05, 0) is 69.1 Å². The largest absolute Gasteiger partial charge is 0.349 e. The van der Waals surface area contributed by atoms with Gasteiger partial charge in [0.05, 0.1) is 0 Å². The number of nitrogens with zero attached hydrogens (tertiary/aromatic N) is 2. The summed E-state index contributed by atoms with van der Waals surface area (Å²) in [4.78, 5) is 4.97. The predicted molar refractivity (Wildman–Crippen MR) is 111 cm³/mol. The topological polar surface area (TPSA) is 18.5 Å². The van der Waals surface area contributed by atoms with Crippen LogP contribution in [0.15, 0.2) is 24.3 Å². The molecule has 0 spiro atoms. The molecule has 1 saturated carbocycles. The van der Waals surface area contributed by atoms with Crippen LogP contribution in [0.5, 0.6) is 0 Å². The molecule has 2 fully saturated rings. The number of anilines is 1. The van der Waals surface area contributed by atoms with Crippen LogP contribution >= 0.6 is 23.8 Å². The third kappa shape index (κ3) is 4.87. The lowest BCUT2D eigenvalue weighted by atomic mass is 9.84. The van der Waals surface area contributed by atoms with Crippen molar-refractivity contribution < 1.29 is 0 Å². The summed E-state index contributed by atoms with van der Waals surface area (Å²) in [5.74, 6) is 0.836. The van der Waals surface area contributed by atoms with Crippen molar-refractivity contribution in [3.05, 3.63) is 29.3 Å². The van der Waals surface area contributed by atoms with Crippen molar-refractivity contribution in [2.24, 2.45) is 5.92 Å². The summed E-state index contributed by atoms with van der Waals surface area (Å²) in [6, 6.07) is 9.20. The lowest BCUT2D eigenvalue weighted by Crippen LogP contribution is -2.51.